The van der Waals surface area contributed by atoms with Crippen molar-refractivity contribution in [1.82, 2.24) is 0 Å². The molecule has 13 nitrogen and oxygen atoms in total. The third kappa shape index (κ3) is 14.8. The van der Waals surface area contributed by atoms with E-state index in [-0.39, 0.29) is 44.5 Å². The van der Waals surface area contributed by atoms with Crippen LogP contribution in [0.1, 0.15) is 63.6 Å². The molecule has 2 saturated heterocycles. The Morgan fingerprint density at radius 2 is 1.11 bits per heavy atom. The summed E-state index contributed by atoms with van der Waals surface area (Å²) >= 11 is 0. The van der Waals surface area contributed by atoms with Gasteiger partial charge in [-0.1, -0.05) is 80.9 Å². The van der Waals surface area contributed by atoms with Crippen molar-refractivity contribution in [2.45, 2.75) is 66.6 Å². The third-order valence-corrected chi connectivity index (χ3v) is 10.7. The van der Waals surface area contributed by atoms with E-state index in [1.807, 2.05) is 80.6 Å². The second kappa shape index (κ2) is 23.0. The van der Waals surface area contributed by atoms with Crippen LogP contribution in [0.15, 0.2) is 103 Å². The largest absolute Gasteiger partial charge is 0.508 e. The lowest BCUT2D eigenvalue weighted by atomic mass is 9.94. The van der Waals surface area contributed by atoms with Crippen LogP contribution >= 0.6 is 0 Å². The summed E-state index contributed by atoms with van der Waals surface area (Å²) in [6.07, 6.45) is 3.25. The molecular weight excluding hydrogens is 821 g/mol. The molecule has 0 aliphatic carbocycles. The lowest BCUT2D eigenvalue weighted by Gasteiger charge is -2.31. The van der Waals surface area contributed by atoms with E-state index in [0.29, 0.717) is 62.6 Å². The molecule has 2 heterocycles. The van der Waals surface area contributed by atoms with E-state index < -0.39 is 29.1 Å². The highest BCUT2D eigenvalue weighted by Crippen LogP contribution is 2.34. The van der Waals surface area contributed by atoms with Gasteiger partial charge in [0.2, 0.25) is 0 Å². The molecule has 0 atom stereocenters. The minimum Gasteiger partial charge on any atom is -0.493 e. The van der Waals surface area contributed by atoms with Gasteiger partial charge in [0.1, 0.15) is 51.1 Å². The van der Waals surface area contributed by atoms with Gasteiger partial charge >= 0.3 is 18.3 Å². The first-order chi connectivity index (χ1) is 30.9. The number of cyclic esters (lactones) is 4. The van der Waals surface area contributed by atoms with Gasteiger partial charge in [0.15, 0.2) is 11.5 Å². The van der Waals surface area contributed by atoms with Gasteiger partial charge in [-0.3, -0.25) is 0 Å². The van der Waals surface area contributed by atoms with E-state index in [9.17, 15) is 14.4 Å². The highest BCUT2D eigenvalue weighted by molar-refractivity contribution is 5.89. The van der Waals surface area contributed by atoms with Crippen LogP contribution < -0.4 is 18.9 Å². The Bertz CT molecular complexity index is 2040. The zero-order valence-electron chi connectivity index (χ0n) is 37.4. The molecule has 2 aliphatic heterocycles. The highest BCUT2D eigenvalue weighted by Gasteiger charge is 2.35. The van der Waals surface area contributed by atoms with E-state index in [2.05, 4.69) is 37.8 Å². The fourth-order valence-electron chi connectivity index (χ4n) is 6.70. The van der Waals surface area contributed by atoms with Crippen LogP contribution in [-0.2, 0) is 52.9 Å². The van der Waals surface area contributed by atoms with Crippen LogP contribution in [0, 0.1) is 16.7 Å². The fourth-order valence-corrected chi connectivity index (χ4v) is 6.70. The number of ether oxygens (including phenoxy) is 10. The smallest absolute Gasteiger partial charge is 0.493 e. The molecule has 0 radical (unpaired) electrons. The van der Waals surface area contributed by atoms with E-state index in [4.69, 9.17) is 47.4 Å². The molecule has 64 heavy (non-hydrogen) atoms. The normalized spacial score (nSPS) is 15.3. The Kier molecular flexibility index (Phi) is 17.1. The molecule has 4 aromatic carbocycles. The number of esters is 1. The van der Waals surface area contributed by atoms with Crippen LogP contribution in [0.4, 0.5) is 9.59 Å². The lowest BCUT2D eigenvalue weighted by molar-refractivity contribution is -0.130. The predicted octanol–water partition coefficient (Wildman–Crippen LogP) is 10.1. The molecule has 13 heteroatoms. The number of carbonyl (C=O) groups is 3. The van der Waals surface area contributed by atoms with Crippen LogP contribution in [-0.4, -0.2) is 77.7 Å². The van der Waals surface area contributed by atoms with Gasteiger partial charge in [0.25, 0.3) is 0 Å². The molecule has 0 bridgehead atoms. The van der Waals surface area contributed by atoms with E-state index >= 15 is 0 Å². The van der Waals surface area contributed by atoms with Crippen molar-refractivity contribution in [3.05, 3.63) is 120 Å². The molecule has 0 amide bonds. The summed E-state index contributed by atoms with van der Waals surface area (Å²) in [6, 6.07) is 29.3. The molecule has 2 fully saturated rings. The maximum absolute atomic E-state index is 12.8. The molecule has 2 aliphatic rings. The van der Waals surface area contributed by atoms with Gasteiger partial charge < -0.3 is 47.4 Å². The summed E-state index contributed by atoms with van der Waals surface area (Å²) in [4.78, 5) is 35.4. The molecule has 0 spiro atoms. The summed E-state index contributed by atoms with van der Waals surface area (Å²) in [5, 5.41) is 0. The number of benzene rings is 4. The summed E-state index contributed by atoms with van der Waals surface area (Å²) in [5.74, 6) is 1.29. The van der Waals surface area contributed by atoms with Gasteiger partial charge in [-0.25, -0.2) is 14.4 Å². The van der Waals surface area contributed by atoms with Crippen molar-refractivity contribution in [3.63, 3.8) is 0 Å². The van der Waals surface area contributed by atoms with Crippen LogP contribution in [0.25, 0.3) is 11.1 Å². The Morgan fingerprint density at radius 1 is 0.625 bits per heavy atom. The van der Waals surface area contributed by atoms with Crippen LogP contribution in [0.2, 0.25) is 0 Å². The van der Waals surface area contributed by atoms with Crippen molar-refractivity contribution in [2.24, 2.45) is 16.7 Å². The van der Waals surface area contributed by atoms with Gasteiger partial charge in [-0.15, -0.1) is 0 Å². The molecule has 0 aromatic heterocycles. The second-order valence-corrected chi connectivity index (χ2v) is 17.3. The monoisotopic (exact) mass is 880 g/mol. The first kappa shape index (κ1) is 47.4. The topological polar surface area (TPSA) is 144 Å². The number of unbranched alkanes of at least 4 members (excludes halogenated alkanes) is 2. The number of hydrogen-bond donors (Lipinski definition) is 0. The summed E-state index contributed by atoms with van der Waals surface area (Å²) < 4.78 is 56.8. The summed E-state index contributed by atoms with van der Waals surface area (Å²) in [6.45, 7) is 14.5. The molecule has 0 unspecified atom stereocenters. The number of hydrogen-bond acceptors (Lipinski definition) is 13. The molecular formula is C51H60O13. The predicted molar refractivity (Wildman–Crippen MR) is 239 cm³/mol. The Morgan fingerprint density at radius 3 is 1.59 bits per heavy atom. The van der Waals surface area contributed by atoms with Crippen molar-refractivity contribution in [2.75, 3.05) is 59.5 Å². The SMILES string of the molecule is C=C(C)C(=O)Oc1cc(-c2ccc(CCCCC)cc2)ccc1OCC(COCc1ccc(OCC2(C)COC(=O)OC2)cc1)COCc1ccc(OCC2(C)COC(=O)OC2)cc1. The average molecular weight is 881 g/mol. The lowest BCUT2D eigenvalue weighted by Crippen LogP contribution is -2.41. The molecule has 6 rings (SSSR count). The molecule has 342 valence electrons. The van der Waals surface area contributed by atoms with Gasteiger partial charge in [-0.05, 0) is 97.8 Å². The van der Waals surface area contributed by atoms with E-state index in [0.717, 1.165) is 35.1 Å². The summed E-state index contributed by atoms with van der Waals surface area (Å²) in [7, 11) is 0. The van der Waals surface area contributed by atoms with Crippen LogP contribution in [0.5, 0.6) is 23.0 Å². The Hall–Kier alpha value is -6.05. The second-order valence-electron chi connectivity index (χ2n) is 17.3. The molecule has 0 saturated carbocycles. The first-order valence-corrected chi connectivity index (χ1v) is 21.8. The van der Waals surface area contributed by atoms with Crippen LogP contribution in [0.3, 0.4) is 0 Å². The van der Waals surface area contributed by atoms with Gasteiger partial charge in [0, 0.05) is 11.5 Å². The quantitative estimate of drug-likeness (QED) is 0.0285. The standard InChI is InChI=1S/C51H60O13/c1-6-7-8-9-37-10-16-41(17-11-37)42-18-23-45(46(24-42)64-47(52)36(2)3)57-29-40(27-55-25-38-12-19-43(20-13-38)58-30-50(4)32-60-48(53)61-33-50)28-56-26-39-14-21-44(22-15-39)59-31-51(5)34-62-49(54)63-35-51/h10-24,40H,2,6-9,25-35H2,1,3-5H3. The average Bonchev–Trinajstić information content (AvgIpc) is 3.30. The summed E-state index contributed by atoms with van der Waals surface area (Å²) in [5.41, 5.74) is 4.46. The number of rotatable bonds is 24. The van der Waals surface area contributed by atoms with E-state index in [1.165, 1.54) is 18.4 Å². The van der Waals surface area contributed by atoms with Gasteiger partial charge in [0.05, 0.1) is 43.9 Å². The molecule has 4 aromatic rings. The third-order valence-electron chi connectivity index (χ3n) is 10.7. The van der Waals surface area contributed by atoms with Crippen molar-refractivity contribution >= 4 is 18.3 Å². The van der Waals surface area contributed by atoms with Crippen molar-refractivity contribution < 1.29 is 61.8 Å². The Labute approximate surface area is 375 Å². The minimum atomic E-state index is -0.661. The maximum atomic E-state index is 12.8. The van der Waals surface area contributed by atoms with E-state index in [1.54, 1.807) is 6.92 Å². The fraction of sp³-hybridized carbons (Fsp3) is 0.431. The number of carbonyl (C=O) groups excluding carboxylic acids is 3. The first-order valence-electron chi connectivity index (χ1n) is 21.8. The number of aryl methyl sites for hydroxylation is 1. The Balaban J connectivity index is 1.08. The zero-order chi connectivity index (χ0) is 45.4. The van der Waals surface area contributed by atoms with Gasteiger partial charge in [-0.2, -0.15) is 0 Å². The maximum Gasteiger partial charge on any atom is 0.508 e. The van der Waals surface area contributed by atoms with Crippen molar-refractivity contribution in [1.29, 1.82) is 0 Å². The van der Waals surface area contributed by atoms with Crippen molar-refractivity contribution in [3.8, 4) is 34.1 Å². The highest BCUT2D eigenvalue weighted by atomic mass is 16.7. The minimum absolute atomic E-state index is 0.207. The zero-order valence-corrected chi connectivity index (χ0v) is 37.4. The molecule has 0 N–H and O–H groups in total.